The fourth-order valence-corrected chi connectivity index (χ4v) is 2.17. The van der Waals surface area contributed by atoms with Crippen LogP contribution in [0.5, 0.6) is 5.75 Å². The summed E-state index contributed by atoms with van der Waals surface area (Å²) in [7, 11) is 0. The molecule has 108 valence electrons. The van der Waals surface area contributed by atoms with Crippen LogP contribution in [-0.4, -0.2) is 10.9 Å². The van der Waals surface area contributed by atoms with Crippen LogP contribution in [0.1, 0.15) is 17.1 Å². The molecule has 0 spiro atoms. The molecule has 0 saturated heterocycles. The Morgan fingerprint density at radius 1 is 1.10 bits per heavy atom. The van der Waals surface area contributed by atoms with Crippen LogP contribution in [0.3, 0.4) is 0 Å². The zero-order valence-corrected chi connectivity index (χ0v) is 11.5. The van der Waals surface area contributed by atoms with E-state index in [1.54, 1.807) is 24.3 Å². The van der Waals surface area contributed by atoms with Gasteiger partial charge in [-0.1, -0.05) is 30.0 Å². The minimum Gasteiger partial charge on any atom is -0.508 e. The van der Waals surface area contributed by atoms with Gasteiger partial charge >= 0.3 is 0 Å². The Morgan fingerprint density at radius 3 is 2.60 bits per heavy atom. The van der Waals surface area contributed by atoms with Crippen molar-refractivity contribution in [2.45, 2.75) is 24.6 Å². The summed E-state index contributed by atoms with van der Waals surface area (Å²) >= 11 is 0.540. The lowest BCUT2D eigenvalue weighted by molar-refractivity contribution is 0.251. The van der Waals surface area contributed by atoms with Crippen molar-refractivity contribution < 1.29 is 18.3 Å². The smallest absolute Gasteiger partial charge is 0.284 e. The highest BCUT2D eigenvalue weighted by Gasteiger charge is 2.07. The van der Waals surface area contributed by atoms with Crippen LogP contribution < -0.4 is 5.32 Å². The Labute approximate surface area is 120 Å². The zero-order chi connectivity index (χ0) is 14.4. The molecule has 0 fully saturated rings. The van der Waals surface area contributed by atoms with Crippen molar-refractivity contribution in [1.82, 2.24) is 5.32 Å². The average Bonchev–Trinajstić information content (AvgIpc) is 2.87. The number of halogens is 2. The van der Waals surface area contributed by atoms with Crippen LogP contribution in [0.2, 0.25) is 0 Å². The first kappa shape index (κ1) is 14.9. The molecule has 0 bridgehead atoms. The number of thioether (sulfide) groups is 1. The number of alkyl halides is 2. The molecule has 0 unspecified atom stereocenters. The molecule has 0 amide bonds. The molecular weight excluding hydrogens is 284 g/mol. The second kappa shape index (κ2) is 7.31. The number of para-hydroxylation sites is 1. The highest BCUT2D eigenvalue weighted by molar-refractivity contribution is 7.98. The first-order chi connectivity index (χ1) is 9.65. The lowest BCUT2D eigenvalue weighted by Gasteiger charge is -2.05. The first-order valence-electron chi connectivity index (χ1n) is 6.10. The molecule has 0 aliphatic rings. The quantitative estimate of drug-likeness (QED) is 0.817. The summed E-state index contributed by atoms with van der Waals surface area (Å²) in [6, 6.07) is 10.5. The summed E-state index contributed by atoms with van der Waals surface area (Å²) in [5.74, 6) is -0.756. The van der Waals surface area contributed by atoms with E-state index in [1.165, 1.54) is 0 Å². The Morgan fingerprint density at radius 2 is 1.85 bits per heavy atom. The number of phenolic OH excluding ortho intramolecular Hbond substituents is 1. The maximum atomic E-state index is 12.0. The first-order valence-corrected chi connectivity index (χ1v) is 7.15. The van der Waals surface area contributed by atoms with Crippen LogP contribution in [-0.2, 0) is 18.8 Å². The van der Waals surface area contributed by atoms with Gasteiger partial charge in [0.2, 0.25) is 0 Å². The summed E-state index contributed by atoms with van der Waals surface area (Å²) in [4.78, 5) is 0. The van der Waals surface area contributed by atoms with Crippen LogP contribution in [0.25, 0.3) is 0 Å². The molecule has 0 saturated carbocycles. The fraction of sp³-hybridized carbons (Fsp3) is 0.286. The lowest BCUT2D eigenvalue weighted by Crippen LogP contribution is -2.12. The summed E-state index contributed by atoms with van der Waals surface area (Å²) in [6.45, 7) is 0.988. The second-order valence-electron chi connectivity index (χ2n) is 4.17. The van der Waals surface area contributed by atoms with Gasteiger partial charge in [0.05, 0.1) is 12.3 Å². The minimum absolute atomic E-state index is 0.164. The molecule has 1 aromatic carbocycles. The third kappa shape index (κ3) is 4.54. The van der Waals surface area contributed by atoms with Gasteiger partial charge in [0.1, 0.15) is 17.3 Å². The van der Waals surface area contributed by atoms with Crippen molar-refractivity contribution in [3.8, 4) is 5.75 Å². The summed E-state index contributed by atoms with van der Waals surface area (Å²) in [5, 5.41) is 12.7. The molecular formula is C14H15F2NO2S. The third-order valence-electron chi connectivity index (χ3n) is 2.68. The van der Waals surface area contributed by atoms with Crippen LogP contribution >= 0.6 is 11.8 Å². The molecule has 0 atom stereocenters. The Balaban J connectivity index is 1.78. The Kier molecular flexibility index (Phi) is 5.43. The van der Waals surface area contributed by atoms with E-state index in [9.17, 15) is 13.9 Å². The van der Waals surface area contributed by atoms with E-state index in [0.717, 1.165) is 5.56 Å². The molecule has 2 aromatic rings. The van der Waals surface area contributed by atoms with E-state index in [2.05, 4.69) is 5.32 Å². The number of hydrogen-bond donors (Lipinski definition) is 2. The van der Waals surface area contributed by atoms with Gasteiger partial charge in [0.25, 0.3) is 5.76 Å². The topological polar surface area (TPSA) is 45.4 Å². The van der Waals surface area contributed by atoms with Crippen molar-refractivity contribution in [2.75, 3.05) is 0 Å². The molecule has 0 aliphatic heterocycles. The van der Waals surface area contributed by atoms with E-state index in [4.69, 9.17) is 4.42 Å². The molecule has 0 aliphatic carbocycles. The van der Waals surface area contributed by atoms with Crippen molar-refractivity contribution in [1.29, 1.82) is 0 Å². The molecule has 2 rings (SSSR count). The zero-order valence-electron chi connectivity index (χ0n) is 10.7. The predicted molar refractivity (Wildman–Crippen MR) is 74.7 cm³/mol. The van der Waals surface area contributed by atoms with Gasteiger partial charge in [-0.15, -0.1) is 0 Å². The Hall–Kier alpha value is -1.53. The highest BCUT2D eigenvalue weighted by atomic mass is 32.2. The number of hydrogen-bond acceptors (Lipinski definition) is 4. The third-order valence-corrected chi connectivity index (χ3v) is 3.38. The highest BCUT2D eigenvalue weighted by Crippen LogP contribution is 2.21. The van der Waals surface area contributed by atoms with Crippen LogP contribution in [0.15, 0.2) is 40.8 Å². The maximum absolute atomic E-state index is 12.0. The predicted octanol–water partition coefficient (Wildman–Crippen LogP) is 3.73. The van der Waals surface area contributed by atoms with Crippen molar-refractivity contribution >= 4 is 11.8 Å². The van der Waals surface area contributed by atoms with Gasteiger partial charge in [-0.05, 0) is 18.2 Å². The summed E-state index contributed by atoms with van der Waals surface area (Å²) in [5.41, 5.74) is 0.799. The van der Waals surface area contributed by atoms with Gasteiger partial charge in [-0.3, -0.25) is 0 Å². The normalized spacial score (nSPS) is 11.2. The van der Waals surface area contributed by atoms with Crippen LogP contribution in [0, 0.1) is 0 Å². The number of rotatable bonds is 7. The van der Waals surface area contributed by atoms with Crippen LogP contribution in [0.4, 0.5) is 8.78 Å². The minimum atomic E-state index is -2.39. The van der Waals surface area contributed by atoms with Gasteiger partial charge in [-0.25, -0.2) is 0 Å². The summed E-state index contributed by atoms with van der Waals surface area (Å²) in [6.07, 6.45) is 0. The number of benzene rings is 1. The standard InChI is InChI=1S/C14H15F2NO2S/c15-14(16)20-9-12-6-5-11(19-12)8-17-7-10-3-1-2-4-13(10)18/h1-6,14,17-18H,7-9H2. The largest absolute Gasteiger partial charge is 0.508 e. The summed E-state index contributed by atoms with van der Waals surface area (Å²) < 4.78 is 29.5. The SMILES string of the molecule is Oc1ccccc1CNCc1ccc(CSC(F)F)o1. The molecule has 1 aromatic heterocycles. The van der Waals surface area contributed by atoms with E-state index < -0.39 is 5.76 Å². The molecule has 2 N–H and O–H groups in total. The van der Waals surface area contributed by atoms with E-state index in [-0.39, 0.29) is 11.5 Å². The second-order valence-corrected chi connectivity index (χ2v) is 5.15. The lowest BCUT2D eigenvalue weighted by atomic mass is 10.2. The maximum Gasteiger partial charge on any atom is 0.284 e. The molecule has 3 nitrogen and oxygen atoms in total. The van der Waals surface area contributed by atoms with Gasteiger partial charge in [0.15, 0.2) is 0 Å². The molecule has 0 radical (unpaired) electrons. The van der Waals surface area contributed by atoms with E-state index >= 15 is 0 Å². The molecule has 20 heavy (non-hydrogen) atoms. The number of aromatic hydroxyl groups is 1. The fourth-order valence-electron chi connectivity index (χ4n) is 1.72. The average molecular weight is 299 g/mol. The Bertz CT molecular complexity index is 545. The van der Waals surface area contributed by atoms with E-state index in [1.807, 2.05) is 12.1 Å². The van der Waals surface area contributed by atoms with Crippen molar-refractivity contribution in [3.63, 3.8) is 0 Å². The van der Waals surface area contributed by atoms with Gasteiger partial charge in [-0.2, -0.15) is 8.78 Å². The van der Waals surface area contributed by atoms with Crippen molar-refractivity contribution in [3.05, 3.63) is 53.5 Å². The number of nitrogens with one attached hydrogen (secondary N) is 1. The van der Waals surface area contributed by atoms with Gasteiger partial charge < -0.3 is 14.8 Å². The number of furan rings is 1. The molecule has 6 heteroatoms. The van der Waals surface area contributed by atoms with Crippen molar-refractivity contribution in [2.24, 2.45) is 0 Å². The number of phenols is 1. The van der Waals surface area contributed by atoms with E-state index in [0.29, 0.717) is 36.4 Å². The van der Waals surface area contributed by atoms with Gasteiger partial charge in [0, 0.05) is 12.1 Å². The monoisotopic (exact) mass is 299 g/mol. The molecule has 1 heterocycles.